The first-order chi connectivity index (χ1) is 9.10. The lowest BCUT2D eigenvalue weighted by atomic mass is 10.0. The Morgan fingerprint density at radius 3 is 2.74 bits per heavy atom. The maximum Gasteiger partial charge on any atom is 0.176 e. The Bertz CT molecular complexity index is 555. The number of hydrogen-bond acceptors (Lipinski definition) is 4. The molecule has 2 rings (SSSR count). The normalized spacial score (nSPS) is 12.6. The van der Waals surface area contributed by atoms with Crippen molar-refractivity contribution in [3.05, 3.63) is 39.6 Å². The van der Waals surface area contributed by atoms with Crippen molar-refractivity contribution in [1.82, 2.24) is 25.5 Å². The summed E-state index contributed by atoms with van der Waals surface area (Å²) in [5.74, 6) is 0.680. The largest absolute Gasteiger partial charge is 0.310 e. The summed E-state index contributed by atoms with van der Waals surface area (Å²) in [5, 5.41) is 16.7. The maximum absolute atomic E-state index is 6.25. The predicted octanol–water partition coefficient (Wildman–Crippen LogP) is 2.41. The summed E-state index contributed by atoms with van der Waals surface area (Å²) < 4.78 is 0. The fourth-order valence-corrected chi connectivity index (χ4v) is 2.45. The number of likely N-dealkylation sites (N-methyl/N-ethyl adjacent to an activating group) is 1. The second kappa shape index (κ2) is 6.32. The van der Waals surface area contributed by atoms with E-state index in [2.05, 4.69) is 20.7 Å². The molecule has 1 N–H and O–H groups in total. The molecular formula is C12H15Cl2N5. The Balaban J connectivity index is 2.23. The molecule has 0 amide bonds. The van der Waals surface area contributed by atoms with Gasteiger partial charge in [-0.3, -0.25) is 0 Å². The Morgan fingerprint density at radius 1 is 1.37 bits per heavy atom. The monoisotopic (exact) mass is 299 g/mol. The minimum Gasteiger partial charge on any atom is -0.310 e. The van der Waals surface area contributed by atoms with E-state index < -0.39 is 0 Å². The molecule has 0 aliphatic carbocycles. The third-order valence-corrected chi connectivity index (χ3v) is 3.29. The maximum atomic E-state index is 6.25. The van der Waals surface area contributed by atoms with Crippen molar-refractivity contribution in [3.8, 4) is 0 Å². The molecular weight excluding hydrogens is 285 g/mol. The van der Waals surface area contributed by atoms with Crippen molar-refractivity contribution < 1.29 is 0 Å². The van der Waals surface area contributed by atoms with E-state index in [-0.39, 0.29) is 6.04 Å². The van der Waals surface area contributed by atoms with Gasteiger partial charge in [-0.05, 0) is 29.5 Å². The predicted molar refractivity (Wildman–Crippen MR) is 75.4 cm³/mol. The van der Waals surface area contributed by atoms with Gasteiger partial charge in [0.05, 0.1) is 7.05 Å². The van der Waals surface area contributed by atoms with Crippen LogP contribution in [0.2, 0.25) is 10.0 Å². The lowest BCUT2D eigenvalue weighted by Gasteiger charge is -2.18. The van der Waals surface area contributed by atoms with Crippen molar-refractivity contribution in [2.45, 2.75) is 19.4 Å². The van der Waals surface area contributed by atoms with Crippen LogP contribution < -0.4 is 5.32 Å². The number of aromatic nitrogens is 4. The second-order valence-corrected chi connectivity index (χ2v) is 5.02. The summed E-state index contributed by atoms with van der Waals surface area (Å²) in [6.07, 6.45) is 0.628. The summed E-state index contributed by atoms with van der Waals surface area (Å²) >= 11 is 12.2. The molecule has 0 spiro atoms. The average molecular weight is 300 g/mol. The third kappa shape index (κ3) is 3.65. The minimum absolute atomic E-state index is 0.0407. The Labute approximate surface area is 121 Å². The molecule has 7 heteroatoms. The number of tetrazole rings is 1. The Hall–Kier alpha value is -1.17. The molecule has 0 aliphatic heterocycles. The van der Waals surface area contributed by atoms with Crippen LogP contribution in [-0.2, 0) is 13.5 Å². The molecule has 2 aromatic rings. The van der Waals surface area contributed by atoms with E-state index in [1.54, 1.807) is 13.1 Å². The van der Waals surface area contributed by atoms with E-state index >= 15 is 0 Å². The summed E-state index contributed by atoms with van der Waals surface area (Å²) in [5.41, 5.74) is 0.986. The van der Waals surface area contributed by atoms with Gasteiger partial charge in [0.1, 0.15) is 0 Å². The van der Waals surface area contributed by atoms with E-state index in [0.29, 0.717) is 22.3 Å². The van der Waals surface area contributed by atoms with E-state index in [1.165, 1.54) is 4.80 Å². The molecule has 0 fully saturated rings. The zero-order chi connectivity index (χ0) is 13.8. The SMILES string of the molecule is CCNC(Cc1nnn(C)n1)c1ccc(Cl)cc1Cl. The second-order valence-electron chi connectivity index (χ2n) is 4.18. The molecule has 1 aromatic carbocycles. The molecule has 0 saturated carbocycles. The standard InChI is InChI=1S/C12H15Cl2N5/c1-3-15-11(7-12-16-18-19(2)17-12)9-5-4-8(13)6-10(9)14/h4-6,11,15H,3,7H2,1-2H3. The Kier molecular flexibility index (Phi) is 4.74. The van der Waals surface area contributed by atoms with Gasteiger partial charge < -0.3 is 5.32 Å². The highest BCUT2D eigenvalue weighted by Gasteiger charge is 2.17. The van der Waals surface area contributed by atoms with Crippen LogP contribution in [-0.4, -0.2) is 26.8 Å². The lowest BCUT2D eigenvalue weighted by Crippen LogP contribution is -2.23. The highest BCUT2D eigenvalue weighted by Crippen LogP contribution is 2.27. The Morgan fingerprint density at radius 2 is 2.16 bits per heavy atom. The smallest absolute Gasteiger partial charge is 0.176 e. The van der Waals surface area contributed by atoms with E-state index in [4.69, 9.17) is 23.2 Å². The number of aryl methyl sites for hydroxylation is 1. The lowest BCUT2D eigenvalue weighted by molar-refractivity contribution is 0.535. The van der Waals surface area contributed by atoms with Crippen LogP contribution >= 0.6 is 23.2 Å². The first kappa shape index (κ1) is 14.2. The van der Waals surface area contributed by atoms with Crippen molar-refractivity contribution >= 4 is 23.2 Å². The first-order valence-electron chi connectivity index (χ1n) is 6.01. The van der Waals surface area contributed by atoms with Crippen LogP contribution in [0.3, 0.4) is 0 Å². The molecule has 0 aliphatic rings. The van der Waals surface area contributed by atoms with Gasteiger partial charge in [-0.2, -0.15) is 4.80 Å². The molecule has 1 unspecified atom stereocenters. The molecule has 1 heterocycles. The van der Waals surface area contributed by atoms with Gasteiger partial charge in [0.2, 0.25) is 0 Å². The van der Waals surface area contributed by atoms with Crippen molar-refractivity contribution in [2.24, 2.45) is 7.05 Å². The van der Waals surface area contributed by atoms with Crippen LogP contribution in [0, 0.1) is 0 Å². The van der Waals surface area contributed by atoms with Crippen LogP contribution in [0.4, 0.5) is 0 Å². The van der Waals surface area contributed by atoms with Crippen LogP contribution in [0.1, 0.15) is 24.4 Å². The molecule has 0 saturated heterocycles. The van der Waals surface area contributed by atoms with Gasteiger partial charge in [-0.1, -0.05) is 36.2 Å². The van der Waals surface area contributed by atoms with E-state index in [1.807, 2.05) is 19.1 Å². The number of hydrogen-bond donors (Lipinski definition) is 1. The zero-order valence-corrected chi connectivity index (χ0v) is 12.3. The fraction of sp³-hybridized carbons (Fsp3) is 0.417. The molecule has 19 heavy (non-hydrogen) atoms. The topological polar surface area (TPSA) is 55.6 Å². The third-order valence-electron chi connectivity index (χ3n) is 2.72. The first-order valence-corrected chi connectivity index (χ1v) is 6.77. The molecule has 1 aromatic heterocycles. The van der Waals surface area contributed by atoms with Crippen LogP contribution in [0.25, 0.3) is 0 Å². The summed E-state index contributed by atoms with van der Waals surface area (Å²) in [7, 11) is 1.74. The van der Waals surface area contributed by atoms with Crippen LogP contribution in [0.15, 0.2) is 18.2 Å². The van der Waals surface area contributed by atoms with Gasteiger partial charge in [0.15, 0.2) is 5.82 Å². The molecule has 1 atom stereocenters. The quantitative estimate of drug-likeness (QED) is 0.921. The molecule has 0 bridgehead atoms. The molecule has 0 radical (unpaired) electrons. The van der Waals surface area contributed by atoms with Crippen molar-refractivity contribution in [1.29, 1.82) is 0 Å². The summed E-state index contributed by atoms with van der Waals surface area (Å²) in [6.45, 7) is 2.87. The van der Waals surface area contributed by atoms with Gasteiger partial charge in [0, 0.05) is 22.5 Å². The highest BCUT2D eigenvalue weighted by molar-refractivity contribution is 6.35. The average Bonchev–Trinajstić information content (AvgIpc) is 2.74. The fourth-order valence-electron chi connectivity index (χ4n) is 1.91. The number of nitrogens with one attached hydrogen (secondary N) is 1. The van der Waals surface area contributed by atoms with Crippen LogP contribution in [0.5, 0.6) is 0 Å². The van der Waals surface area contributed by atoms with Gasteiger partial charge in [-0.25, -0.2) is 0 Å². The number of rotatable bonds is 5. The molecule has 5 nitrogen and oxygen atoms in total. The van der Waals surface area contributed by atoms with E-state index in [0.717, 1.165) is 12.1 Å². The van der Waals surface area contributed by atoms with Crippen molar-refractivity contribution in [2.75, 3.05) is 6.54 Å². The molecule has 102 valence electrons. The van der Waals surface area contributed by atoms with Gasteiger partial charge >= 0.3 is 0 Å². The number of benzene rings is 1. The van der Waals surface area contributed by atoms with Gasteiger partial charge in [0.25, 0.3) is 0 Å². The van der Waals surface area contributed by atoms with Crippen molar-refractivity contribution in [3.63, 3.8) is 0 Å². The number of halogens is 2. The zero-order valence-electron chi connectivity index (χ0n) is 10.8. The summed E-state index contributed by atoms with van der Waals surface area (Å²) in [4.78, 5) is 1.45. The summed E-state index contributed by atoms with van der Waals surface area (Å²) in [6, 6.07) is 5.54. The number of nitrogens with zero attached hydrogens (tertiary/aromatic N) is 4. The highest BCUT2D eigenvalue weighted by atomic mass is 35.5. The van der Waals surface area contributed by atoms with E-state index in [9.17, 15) is 0 Å². The minimum atomic E-state index is 0.0407. The van der Waals surface area contributed by atoms with Gasteiger partial charge in [-0.15, -0.1) is 10.2 Å².